The van der Waals surface area contributed by atoms with Crippen LogP contribution in [0, 0.1) is 0 Å². The number of rotatable bonds is 0. The predicted octanol–water partition coefficient (Wildman–Crippen LogP) is 1.37. The van der Waals surface area contributed by atoms with Crippen molar-refractivity contribution >= 4 is 20.2 Å². The minimum absolute atomic E-state index is 2.41. The van der Waals surface area contributed by atoms with Gasteiger partial charge in [-0.1, -0.05) is 0 Å². The first kappa shape index (κ1) is 9.15. The molecule has 0 aliphatic rings. The fraction of sp³-hybridized carbons (Fsp3) is 0. The maximum atomic E-state index is 4.45. The van der Waals surface area contributed by atoms with E-state index in [4.69, 9.17) is 0 Å². The van der Waals surface area contributed by atoms with Crippen molar-refractivity contribution in [1.29, 1.82) is 0 Å². The van der Waals surface area contributed by atoms with Gasteiger partial charge < -0.3 is 0 Å². The Morgan fingerprint density at radius 1 is 0.750 bits per heavy atom. The molecule has 0 amide bonds. The average molecular weight is 181 g/mol. The molecular formula is Cl2Mn2. The number of hydrogen-bond donors (Lipinski definition) is 0. The van der Waals surface area contributed by atoms with Gasteiger partial charge in [-0.05, 0) is 0 Å². The van der Waals surface area contributed by atoms with E-state index in [1.54, 1.807) is 0 Å². The van der Waals surface area contributed by atoms with Crippen molar-refractivity contribution in [3.8, 4) is 0 Å². The SMILES string of the molecule is [Cl][Mn].[Cl][Mn]. The topological polar surface area (TPSA) is 0 Å². The molecule has 0 atom stereocenters. The third-order valence-corrected chi connectivity index (χ3v) is 0. The third kappa shape index (κ3) is 9.47. The zero-order valence-corrected chi connectivity index (χ0v) is 5.38. The van der Waals surface area contributed by atoms with Gasteiger partial charge in [-0.15, -0.1) is 0 Å². The van der Waals surface area contributed by atoms with Gasteiger partial charge in [-0.3, -0.25) is 0 Å². The maximum absolute atomic E-state index is 4.45. The second-order valence-corrected chi connectivity index (χ2v) is 0. The van der Waals surface area contributed by atoms with Gasteiger partial charge in [0, 0.05) is 0 Å². The van der Waals surface area contributed by atoms with E-state index in [1.165, 1.54) is 0 Å². The monoisotopic (exact) mass is 180 g/mol. The molecule has 0 saturated heterocycles. The molecule has 0 radical (unpaired) electrons. The van der Waals surface area contributed by atoms with Crippen LogP contribution in [0.5, 0.6) is 0 Å². The quantitative estimate of drug-likeness (QED) is 0.495. The Morgan fingerprint density at radius 2 is 0.750 bits per heavy atom. The molecule has 0 saturated carbocycles. The van der Waals surface area contributed by atoms with Crippen molar-refractivity contribution < 1.29 is 30.2 Å². The standard InChI is InChI=1S/2ClH.2Mn/h2*1H;;/q;;2*+1/p-2. The molecule has 0 bridgehead atoms. The van der Waals surface area contributed by atoms with Gasteiger partial charge in [-0.2, -0.15) is 0 Å². The van der Waals surface area contributed by atoms with Gasteiger partial charge in [0.05, 0.1) is 0 Å². The van der Waals surface area contributed by atoms with Crippen LogP contribution in [0.3, 0.4) is 0 Å². The van der Waals surface area contributed by atoms with E-state index in [9.17, 15) is 0 Å². The van der Waals surface area contributed by atoms with Crippen molar-refractivity contribution in [1.82, 2.24) is 0 Å². The minimum atomic E-state index is 2.41. The summed E-state index contributed by atoms with van der Waals surface area (Å²) >= 11 is 4.82. The van der Waals surface area contributed by atoms with Crippen LogP contribution in [-0.2, 0) is 30.2 Å². The molecule has 0 aliphatic carbocycles. The Morgan fingerprint density at radius 3 is 0.750 bits per heavy atom. The molecule has 28 valence electrons. The van der Waals surface area contributed by atoms with E-state index in [2.05, 4.69) is 50.4 Å². The van der Waals surface area contributed by atoms with Gasteiger partial charge in [0.15, 0.2) is 0 Å². The number of halogens is 2. The zero-order valence-electron chi connectivity index (χ0n) is 1.51. The van der Waals surface area contributed by atoms with E-state index in [0.717, 1.165) is 0 Å². The summed E-state index contributed by atoms with van der Waals surface area (Å²) in [4.78, 5) is 0. The van der Waals surface area contributed by atoms with Crippen molar-refractivity contribution in [2.45, 2.75) is 0 Å². The molecule has 4 heteroatoms. The first-order valence-electron chi connectivity index (χ1n) is 0.286. The molecule has 0 spiro atoms. The molecule has 0 N–H and O–H groups in total. The van der Waals surface area contributed by atoms with E-state index < -0.39 is 0 Å². The number of hydrogen-bond acceptors (Lipinski definition) is 0. The van der Waals surface area contributed by atoms with Crippen LogP contribution in [-0.4, -0.2) is 0 Å². The van der Waals surface area contributed by atoms with Crippen molar-refractivity contribution in [3.63, 3.8) is 0 Å². The summed E-state index contributed by atoms with van der Waals surface area (Å²) in [5.41, 5.74) is 0. The molecule has 0 aliphatic heterocycles. The Kier molecular flexibility index (Phi) is 52.8. The molecule has 0 aromatic carbocycles. The molecule has 0 nitrogen and oxygen atoms in total. The summed E-state index contributed by atoms with van der Waals surface area (Å²) in [7, 11) is 8.90. The van der Waals surface area contributed by atoms with E-state index in [0.29, 0.717) is 0 Å². The molecular weight excluding hydrogens is 181 g/mol. The van der Waals surface area contributed by atoms with Crippen LogP contribution >= 0.6 is 20.2 Å². The normalized spacial score (nSPS) is 3.00. The summed E-state index contributed by atoms with van der Waals surface area (Å²) < 4.78 is 0. The van der Waals surface area contributed by atoms with Crippen molar-refractivity contribution in [3.05, 3.63) is 0 Å². The summed E-state index contributed by atoms with van der Waals surface area (Å²) in [6.07, 6.45) is 0. The van der Waals surface area contributed by atoms with Crippen LogP contribution in [0.25, 0.3) is 0 Å². The van der Waals surface area contributed by atoms with Crippen LogP contribution in [0.4, 0.5) is 0 Å². The van der Waals surface area contributed by atoms with Crippen LogP contribution in [0.15, 0.2) is 0 Å². The third-order valence-electron chi connectivity index (χ3n) is 0. The van der Waals surface area contributed by atoms with E-state index in [1.807, 2.05) is 0 Å². The first-order chi connectivity index (χ1) is 2.00. The molecule has 0 fully saturated rings. The second kappa shape index (κ2) is 23.1. The van der Waals surface area contributed by atoms with Gasteiger partial charge in [-0.25, -0.2) is 0 Å². The second-order valence-electron chi connectivity index (χ2n) is 0. The van der Waals surface area contributed by atoms with E-state index >= 15 is 0 Å². The molecule has 0 aromatic rings. The molecule has 0 rings (SSSR count). The van der Waals surface area contributed by atoms with Crippen LogP contribution < -0.4 is 0 Å². The molecule has 0 aromatic heterocycles. The van der Waals surface area contributed by atoms with Crippen molar-refractivity contribution in [2.24, 2.45) is 0 Å². The fourth-order valence-corrected chi connectivity index (χ4v) is 0. The summed E-state index contributed by atoms with van der Waals surface area (Å²) in [6.45, 7) is 0. The van der Waals surface area contributed by atoms with Gasteiger partial charge in [0.1, 0.15) is 0 Å². The molecule has 0 unspecified atom stereocenters. The summed E-state index contributed by atoms with van der Waals surface area (Å²) in [5.74, 6) is 0. The Labute approximate surface area is 50.3 Å². The summed E-state index contributed by atoms with van der Waals surface area (Å²) in [6, 6.07) is 0. The average Bonchev–Trinajstić information content (AvgIpc) is 1.50. The molecule has 0 heterocycles. The predicted molar refractivity (Wildman–Crippen MR) is 11.7 cm³/mol. The Balaban J connectivity index is 0. The Hall–Kier alpha value is 1.62. The van der Waals surface area contributed by atoms with Gasteiger partial charge >= 0.3 is 50.4 Å². The fourth-order valence-electron chi connectivity index (χ4n) is 0. The van der Waals surface area contributed by atoms with Crippen LogP contribution in [0.1, 0.15) is 0 Å². The first-order valence-corrected chi connectivity index (χ1v) is 3.53. The van der Waals surface area contributed by atoms with E-state index in [-0.39, 0.29) is 0 Å². The van der Waals surface area contributed by atoms with Crippen LogP contribution in [0.2, 0.25) is 0 Å². The summed E-state index contributed by atoms with van der Waals surface area (Å²) in [5, 5.41) is 0. The zero-order chi connectivity index (χ0) is 4.00. The van der Waals surface area contributed by atoms with Gasteiger partial charge in [0.2, 0.25) is 0 Å². The Bertz CT molecular complexity index is 4.00. The van der Waals surface area contributed by atoms with Gasteiger partial charge in [0.25, 0.3) is 0 Å². The molecule has 4 heavy (non-hydrogen) atoms. The van der Waals surface area contributed by atoms with Crippen molar-refractivity contribution in [2.75, 3.05) is 0 Å².